The molecule has 2 heterocycles. The van der Waals surface area contributed by atoms with Crippen LogP contribution in [0.1, 0.15) is 22.3 Å². The minimum Gasteiger partial charge on any atom is -0.471 e. The third-order valence-electron chi connectivity index (χ3n) is 5.27. The van der Waals surface area contributed by atoms with E-state index in [1.165, 1.54) is 7.11 Å². The number of aromatic nitrogens is 1. The number of anilines is 1. The number of rotatable bonds is 9. The molecule has 0 unspecified atom stereocenters. The molecule has 0 radical (unpaired) electrons. The standard InChI is InChI=1S/C21H26BrF2N5O4S/c1-28-6-8-29(9-7-28)5-3-4-25-21(31)26-19-17(20(30)32-2)18(27-34-19)33-12-14-15(23)10-13(22)11-16(14)24/h10-11H,3-9,12H2,1-2H3,(H2,25,26,31). The van der Waals surface area contributed by atoms with Crippen LogP contribution in [0.15, 0.2) is 16.6 Å². The van der Waals surface area contributed by atoms with Crippen LogP contribution in [0.5, 0.6) is 5.88 Å². The summed E-state index contributed by atoms with van der Waals surface area (Å²) in [7, 11) is 3.26. The van der Waals surface area contributed by atoms with Crippen molar-refractivity contribution in [2.45, 2.75) is 13.0 Å². The van der Waals surface area contributed by atoms with Crippen LogP contribution in [0.4, 0.5) is 18.6 Å². The van der Waals surface area contributed by atoms with Gasteiger partial charge in [0, 0.05) is 37.2 Å². The number of halogens is 3. The zero-order valence-electron chi connectivity index (χ0n) is 18.8. The Labute approximate surface area is 208 Å². The van der Waals surface area contributed by atoms with Crippen molar-refractivity contribution in [1.29, 1.82) is 0 Å². The Balaban J connectivity index is 1.56. The van der Waals surface area contributed by atoms with E-state index in [0.717, 1.165) is 62.8 Å². The van der Waals surface area contributed by atoms with Crippen molar-refractivity contribution in [3.8, 4) is 5.88 Å². The van der Waals surface area contributed by atoms with Crippen molar-refractivity contribution in [1.82, 2.24) is 19.5 Å². The molecule has 1 aliphatic heterocycles. The Morgan fingerprint density at radius 3 is 2.53 bits per heavy atom. The predicted molar refractivity (Wildman–Crippen MR) is 127 cm³/mol. The molecule has 2 aromatic rings. The summed E-state index contributed by atoms with van der Waals surface area (Å²) in [6.07, 6.45) is 0.780. The molecule has 1 fully saturated rings. The Morgan fingerprint density at radius 1 is 1.21 bits per heavy atom. The maximum Gasteiger partial charge on any atom is 0.346 e. The van der Waals surface area contributed by atoms with Crippen LogP contribution in [0.3, 0.4) is 0 Å². The third-order valence-corrected chi connectivity index (χ3v) is 6.47. The van der Waals surface area contributed by atoms with E-state index in [9.17, 15) is 18.4 Å². The molecule has 0 bridgehead atoms. The van der Waals surface area contributed by atoms with E-state index in [0.29, 0.717) is 6.54 Å². The van der Waals surface area contributed by atoms with Gasteiger partial charge in [-0.3, -0.25) is 5.32 Å². The maximum atomic E-state index is 14.1. The average molecular weight is 562 g/mol. The molecule has 1 aromatic carbocycles. The van der Waals surface area contributed by atoms with Crippen molar-refractivity contribution >= 4 is 44.5 Å². The first-order valence-corrected chi connectivity index (χ1v) is 12.1. The number of nitrogens with zero attached hydrogens (tertiary/aromatic N) is 3. The van der Waals surface area contributed by atoms with Crippen LogP contribution in [0.25, 0.3) is 0 Å². The molecule has 1 aliphatic rings. The summed E-state index contributed by atoms with van der Waals surface area (Å²) in [5.74, 6) is -2.61. The van der Waals surface area contributed by atoms with Gasteiger partial charge in [-0.1, -0.05) is 15.9 Å². The van der Waals surface area contributed by atoms with Gasteiger partial charge in [-0.05, 0) is 43.7 Å². The van der Waals surface area contributed by atoms with E-state index >= 15 is 0 Å². The van der Waals surface area contributed by atoms with E-state index in [2.05, 4.69) is 47.8 Å². The van der Waals surface area contributed by atoms with Gasteiger partial charge in [0.25, 0.3) is 0 Å². The zero-order chi connectivity index (χ0) is 24.7. The molecule has 1 aromatic heterocycles. The van der Waals surface area contributed by atoms with E-state index in [1.807, 2.05) is 0 Å². The molecule has 186 valence electrons. The summed E-state index contributed by atoms with van der Waals surface area (Å²) in [6.45, 7) is 4.89. The second-order valence-corrected chi connectivity index (χ2v) is 9.39. The summed E-state index contributed by atoms with van der Waals surface area (Å²) in [5.41, 5.74) is -0.447. The lowest BCUT2D eigenvalue weighted by Crippen LogP contribution is -2.45. The SMILES string of the molecule is COC(=O)c1c(OCc2c(F)cc(Br)cc2F)nsc1NC(=O)NCCCN1CCN(C)CC1. The first kappa shape index (κ1) is 26.3. The van der Waals surface area contributed by atoms with Gasteiger partial charge < -0.3 is 24.6 Å². The summed E-state index contributed by atoms with van der Waals surface area (Å²) < 4.78 is 42.6. The lowest BCUT2D eigenvalue weighted by Gasteiger charge is -2.32. The number of methoxy groups -OCH3 is 1. The molecular weight excluding hydrogens is 536 g/mol. The monoisotopic (exact) mass is 561 g/mol. The fourth-order valence-electron chi connectivity index (χ4n) is 3.32. The molecule has 1 saturated heterocycles. The summed E-state index contributed by atoms with van der Waals surface area (Å²) in [5, 5.41) is 5.42. The fraction of sp³-hybridized carbons (Fsp3) is 0.476. The largest absolute Gasteiger partial charge is 0.471 e. The van der Waals surface area contributed by atoms with E-state index in [1.54, 1.807) is 0 Å². The highest BCUT2D eigenvalue weighted by atomic mass is 79.9. The third kappa shape index (κ3) is 7.08. The molecular formula is C21H26BrF2N5O4S. The lowest BCUT2D eigenvalue weighted by molar-refractivity contribution is 0.0596. The number of carbonyl (C=O) groups is 2. The first-order chi connectivity index (χ1) is 16.3. The van der Waals surface area contributed by atoms with Crippen LogP contribution in [0, 0.1) is 11.6 Å². The highest BCUT2D eigenvalue weighted by molar-refractivity contribution is 9.10. The van der Waals surface area contributed by atoms with E-state index < -0.39 is 30.2 Å². The second-order valence-electron chi connectivity index (χ2n) is 7.70. The number of benzene rings is 1. The molecule has 0 atom stereocenters. The topological polar surface area (TPSA) is 96.0 Å². The van der Waals surface area contributed by atoms with Crippen molar-refractivity contribution in [2.75, 3.05) is 58.7 Å². The van der Waals surface area contributed by atoms with Crippen LogP contribution in [-0.2, 0) is 11.3 Å². The Morgan fingerprint density at radius 2 is 1.88 bits per heavy atom. The number of hydrogen-bond donors (Lipinski definition) is 2. The van der Waals surface area contributed by atoms with E-state index in [4.69, 9.17) is 9.47 Å². The van der Waals surface area contributed by atoms with Gasteiger partial charge in [0.15, 0.2) is 5.56 Å². The maximum absolute atomic E-state index is 14.1. The van der Waals surface area contributed by atoms with Crippen LogP contribution >= 0.6 is 27.5 Å². The van der Waals surface area contributed by atoms with Crippen LogP contribution < -0.4 is 15.4 Å². The number of carbonyl (C=O) groups excluding carboxylic acids is 2. The molecule has 2 N–H and O–H groups in total. The van der Waals surface area contributed by atoms with Crippen molar-refractivity contribution < 1.29 is 27.8 Å². The van der Waals surface area contributed by atoms with E-state index in [-0.39, 0.29) is 26.5 Å². The Kier molecular flexibility index (Phi) is 9.56. The number of ether oxygens (including phenoxy) is 2. The zero-order valence-corrected chi connectivity index (χ0v) is 21.2. The predicted octanol–water partition coefficient (Wildman–Crippen LogP) is 3.31. The van der Waals surface area contributed by atoms with Gasteiger partial charge in [0.1, 0.15) is 23.2 Å². The number of nitrogens with one attached hydrogen (secondary N) is 2. The van der Waals surface area contributed by atoms with Crippen LogP contribution in [-0.4, -0.2) is 79.6 Å². The lowest BCUT2D eigenvalue weighted by atomic mass is 10.2. The number of likely N-dealkylation sites (N-methyl/N-ethyl adjacent to an activating group) is 1. The minimum atomic E-state index is -0.809. The van der Waals surface area contributed by atoms with Crippen molar-refractivity contribution in [3.63, 3.8) is 0 Å². The molecule has 9 nitrogen and oxygen atoms in total. The van der Waals surface area contributed by atoms with Crippen LogP contribution in [0.2, 0.25) is 0 Å². The summed E-state index contributed by atoms with van der Waals surface area (Å²) in [4.78, 5) is 29.2. The molecule has 3 rings (SSSR count). The van der Waals surface area contributed by atoms with Crippen molar-refractivity contribution in [3.05, 3.63) is 39.4 Å². The Hall–Kier alpha value is -2.35. The number of hydrogen-bond acceptors (Lipinski definition) is 8. The molecule has 0 aliphatic carbocycles. The van der Waals surface area contributed by atoms with Gasteiger partial charge in [0.2, 0.25) is 5.88 Å². The number of amides is 2. The minimum absolute atomic E-state index is 0.107. The Bertz CT molecular complexity index is 994. The highest BCUT2D eigenvalue weighted by Gasteiger charge is 2.25. The molecule has 0 saturated carbocycles. The number of esters is 1. The highest BCUT2D eigenvalue weighted by Crippen LogP contribution is 2.32. The smallest absolute Gasteiger partial charge is 0.346 e. The average Bonchev–Trinajstić information content (AvgIpc) is 3.18. The van der Waals surface area contributed by atoms with Crippen molar-refractivity contribution in [2.24, 2.45) is 0 Å². The molecule has 2 amide bonds. The first-order valence-electron chi connectivity index (χ1n) is 10.6. The molecule has 34 heavy (non-hydrogen) atoms. The van der Waals surface area contributed by atoms with Gasteiger partial charge in [-0.15, -0.1) is 0 Å². The number of piperazine rings is 1. The van der Waals surface area contributed by atoms with Gasteiger partial charge >= 0.3 is 12.0 Å². The summed E-state index contributed by atoms with van der Waals surface area (Å²) in [6, 6.07) is 1.69. The van der Waals surface area contributed by atoms with Gasteiger partial charge in [-0.25, -0.2) is 18.4 Å². The summed E-state index contributed by atoms with van der Waals surface area (Å²) >= 11 is 3.81. The molecule has 0 spiro atoms. The quantitative estimate of drug-likeness (QED) is 0.358. The van der Waals surface area contributed by atoms with Gasteiger partial charge in [-0.2, -0.15) is 4.37 Å². The fourth-order valence-corrected chi connectivity index (χ4v) is 4.44. The second kappa shape index (κ2) is 12.4. The molecule has 13 heteroatoms. The normalized spacial score (nSPS) is 14.6. The number of urea groups is 1. The van der Waals surface area contributed by atoms with Gasteiger partial charge in [0.05, 0.1) is 12.7 Å².